The maximum atomic E-state index is 11.0. The Bertz CT molecular complexity index is 171. The zero-order valence-corrected chi connectivity index (χ0v) is 5.84. The normalized spacial score (nSPS) is 18.7. The van der Waals surface area contributed by atoms with Crippen LogP contribution in [0.3, 0.4) is 0 Å². The largest absolute Gasteiger partial charge is 0.329 e. The van der Waals surface area contributed by atoms with Crippen molar-refractivity contribution in [2.45, 2.75) is 19.3 Å². The Balaban J connectivity index is 2.42. The maximum Gasteiger partial charge on any atom is 0.223 e. The number of piperidine rings is 1. The van der Waals surface area contributed by atoms with E-state index >= 15 is 0 Å². The lowest BCUT2D eigenvalue weighted by atomic mass is 10.1. The molecule has 0 aromatic heterocycles. The Morgan fingerprint density at radius 2 is 2.40 bits per heavy atom. The molecule has 1 rings (SSSR count). The van der Waals surface area contributed by atoms with Crippen LogP contribution in [-0.4, -0.2) is 23.9 Å². The van der Waals surface area contributed by atoms with Crippen molar-refractivity contribution in [3.05, 3.63) is 0 Å². The topological polar surface area (TPSA) is 44.1 Å². The number of hydrogen-bond donors (Lipinski definition) is 0. The van der Waals surface area contributed by atoms with Crippen LogP contribution < -0.4 is 0 Å². The van der Waals surface area contributed by atoms with E-state index in [0.717, 1.165) is 19.4 Å². The van der Waals surface area contributed by atoms with Gasteiger partial charge in [-0.05, 0) is 12.8 Å². The third-order valence-corrected chi connectivity index (χ3v) is 1.68. The first-order chi connectivity index (χ1) is 4.84. The van der Waals surface area contributed by atoms with Crippen molar-refractivity contribution >= 4 is 5.91 Å². The Kier molecular flexibility index (Phi) is 2.27. The van der Waals surface area contributed by atoms with E-state index < -0.39 is 0 Å². The molecule has 1 aliphatic rings. The molecule has 1 fully saturated rings. The van der Waals surface area contributed by atoms with Crippen molar-refractivity contribution in [2.75, 3.05) is 13.1 Å². The highest BCUT2D eigenvalue weighted by Gasteiger charge is 2.16. The molecule has 1 aliphatic heterocycles. The fourth-order valence-corrected chi connectivity index (χ4v) is 1.11. The smallest absolute Gasteiger partial charge is 0.223 e. The van der Waals surface area contributed by atoms with E-state index in [1.165, 1.54) is 0 Å². The van der Waals surface area contributed by atoms with Crippen LogP contribution >= 0.6 is 0 Å². The van der Waals surface area contributed by atoms with Gasteiger partial charge >= 0.3 is 0 Å². The summed E-state index contributed by atoms with van der Waals surface area (Å²) in [5.74, 6) is 0.132. The quantitative estimate of drug-likeness (QED) is 0.496. The van der Waals surface area contributed by atoms with Gasteiger partial charge in [0.1, 0.15) is 6.54 Å². The van der Waals surface area contributed by atoms with Crippen LogP contribution in [0.4, 0.5) is 0 Å². The highest BCUT2D eigenvalue weighted by Crippen LogP contribution is 2.08. The van der Waals surface area contributed by atoms with Gasteiger partial charge in [-0.15, -0.1) is 0 Å². The lowest BCUT2D eigenvalue weighted by Gasteiger charge is -2.23. The Hall–Kier alpha value is -1.04. The van der Waals surface area contributed by atoms with Gasteiger partial charge in [0.05, 0.1) is 6.07 Å². The first kappa shape index (κ1) is 7.07. The van der Waals surface area contributed by atoms with Crippen LogP contribution in [-0.2, 0) is 4.79 Å². The molecule has 0 atom stereocenters. The van der Waals surface area contributed by atoms with E-state index in [-0.39, 0.29) is 12.5 Å². The molecule has 0 aromatic carbocycles. The molecule has 1 saturated heterocycles. The number of amides is 1. The molecule has 3 nitrogen and oxygen atoms in total. The summed E-state index contributed by atoms with van der Waals surface area (Å²) in [6, 6.07) is 1.97. The SMILES string of the molecule is N#CCN1CCCCC1=O. The zero-order chi connectivity index (χ0) is 7.40. The van der Waals surface area contributed by atoms with E-state index in [2.05, 4.69) is 0 Å². The maximum absolute atomic E-state index is 11.0. The second kappa shape index (κ2) is 3.21. The number of rotatable bonds is 1. The molecule has 0 N–H and O–H groups in total. The van der Waals surface area contributed by atoms with Crippen molar-refractivity contribution in [2.24, 2.45) is 0 Å². The molecule has 0 spiro atoms. The minimum Gasteiger partial charge on any atom is -0.329 e. The number of carbonyl (C=O) groups excluding carboxylic acids is 1. The average Bonchev–Trinajstić information content (AvgIpc) is 1.94. The fourth-order valence-electron chi connectivity index (χ4n) is 1.11. The molecular weight excluding hydrogens is 128 g/mol. The number of likely N-dealkylation sites (tertiary alicyclic amines) is 1. The van der Waals surface area contributed by atoms with Gasteiger partial charge in [-0.3, -0.25) is 4.79 Å². The lowest BCUT2D eigenvalue weighted by Crippen LogP contribution is -2.35. The van der Waals surface area contributed by atoms with Gasteiger partial charge in [-0.1, -0.05) is 0 Å². The summed E-state index contributed by atoms with van der Waals surface area (Å²) >= 11 is 0. The Morgan fingerprint density at radius 1 is 1.60 bits per heavy atom. The second-order valence-electron chi connectivity index (χ2n) is 2.43. The highest BCUT2D eigenvalue weighted by atomic mass is 16.2. The molecule has 0 bridgehead atoms. The molecule has 54 valence electrons. The van der Waals surface area contributed by atoms with E-state index in [9.17, 15) is 4.79 Å². The minimum atomic E-state index is 0.132. The van der Waals surface area contributed by atoms with Gasteiger partial charge in [0.2, 0.25) is 5.91 Å². The highest BCUT2D eigenvalue weighted by molar-refractivity contribution is 5.77. The molecule has 0 saturated carbocycles. The summed E-state index contributed by atoms with van der Waals surface area (Å²) in [5, 5.41) is 8.29. The Labute approximate surface area is 60.2 Å². The monoisotopic (exact) mass is 138 g/mol. The van der Waals surface area contributed by atoms with E-state index in [0.29, 0.717) is 6.42 Å². The minimum absolute atomic E-state index is 0.132. The molecule has 0 radical (unpaired) electrons. The number of hydrogen-bond acceptors (Lipinski definition) is 2. The Morgan fingerprint density at radius 3 is 3.00 bits per heavy atom. The molecule has 0 aromatic rings. The van der Waals surface area contributed by atoms with E-state index in [1.807, 2.05) is 6.07 Å². The van der Waals surface area contributed by atoms with Crippen molar-refractivity contribution in [1.29, 1.82) is 5.26 Å². The fraction of sp³-hybridized carbons (Fsp3) is 0.714. The predicted octanol–water partition coefficient (Wildman–Crippen LogP) is 0.522. The summed E-state index contributed by atoms with van der Waals surface area (Å²) in [4.78, 5) is 12.6. The van der Waals surface area contributed by atoms with Gasteiger partial charge < -0.3 is 4.90 Å². The van der Waals surface area contributed by atoms with Crippen molar-refractivity contribution in [1.82, 2.24) is 4.90 Å². The molecule has 0 aliphatic carbocycles. The summed E-state index contributed by atoms with van der Waals surface area (Å²) in [5.41, 5.74) is 0. The second-order valence-corrected chi connectivity index (χ2v) is 2.43. The van der Waals surface area contributed by atoms with E-state index in [1.54, 1.807) is 4.90 Å². The molecule has 3 heteroatoms. The third-order valence-electron chi connectivity index (χ3n) is 1.68. The van der Waals surface area contributed by atoms with Gasteiger partial charge in [0, 0.05) is 13.0 Å². The lowest BCUT2D eigenvalue weighted by molar-refractivity contribution is -0.132. The van der Waals surface area contributed by atoms with Gasteiger partial charge in [-0.25, -0.2) is 0 Å². The van der Waals surface area contributed by atoms with Gasteiger partial charge in [-0.2, -0.15) is 5.26 Å². The molecule has 10 heavy (non-hydrogen) atoms. The first-order valence-electron chi connectivity index (χ1n) is 3.49. The van der Waals surface area contributed by atoms with Crippen LogP contribution in [0.1, 0.15) is 19.3 Å². The van der Waals surface area contributed by atoms with Crippen LogP contribution in [0, 0.1) is 11.3 Å². The molecule has 1 heterocycles. The van der Waals surface area contributed by atoms with Crippen LogP contribution in [0.25, 0.3) is 0 Å². The predicted molar refractivity (Wildman–Crippen MR) is 36.0 cm³/mol. The third kappa shape index (κ3) is 1.47. The van der Waals surface area contributed by atoms with Crippen LogP contribution in [0.5, 0.6) is 0 Å². The van der Waals surface area contributed by atoms with Crippen molar-refractivity contribution in [3.8, 4) is 6.07 Å². The number of nitriles is 1. The summed E-state index contributed by atoms with van der Waals surface area (Å²) < 4.78 is 0. The van der Waals surface area contributed by atoms with Crippen LogP contribution in [0.15, 0.2) is 0 Å². The van der Waals surface area contributed by atoms with Crippen molar-refractivity contribution in [3.63, 3.8) is 0 Å². The van der Waals surface area contributed by atoms with Gasteiger partial charge in [0.15, 0.2) is 0 Å². The van der Waals surface area contributed by atoms with E-state index in [4.69, 9.17) is 5.26 Å². The molecule has 0 unspecified atom stereocenters. The summed E-state index contributed by atoms with van der Waals surface area (Å²) in [6.45, 7) is 1.03. The number of nitrogens with zero attached hydrogens (tertiary/aromatic N) is 2. The first-order valence-corrected chi connectivity index (χ1v) is 3.49. The van der Waals surface area contributed by atoms with Gasteiger partial charge in [0.25, 0.3) is 0 Å². The molecule has 1 amide bonds. The standard InChI is InChI=1S/C7H10N2O/c8-4-6-9-5-2-1-3-7(9)10/h1-3,5-6H2. The number of carbonyl (C=O) groups is 1. The van der Waals surface area contributed by atoms with Crippen molar-refractivity contribution < 1.29 is 4.79 Å². The average molecular weight is 138 g/mol. The summed E-state index contributed by atoms with van der Waals surface area (Å²) in [6.07, 6.45) is 2.66. The molecular formula is C7H10N2O. The van der Waals surface area contributed by atoms with Crippen LogP contribution in [0.2, 0.25) is 0 Å². The summed E-state index contributed by atoms with van der Waals surface area (Å²) in [7, 11) is 0. The zero-order valence-electron chi connectivity index (χ0n) is 5.84.